The molecule has 3 heteroatoms. The monoisotopic (exact) mass is 434 g/mol. The van der Waals surface area contributed by atoms with E-state index in [1.165, 1.54) is 16.7 Å². The molecule has 152 valence electrons. The maximum atomic E-state index is 6.36. The van der Waals surface area contributed by atoms with Gasteiger partial charge in [-0.25, -0.2) is 0 Å². The Bertz CT molecular complexity index is 853. The van der Waals surface area contributed by atoms with E-state index in [0.29, 0.717) is 10.0 Å². The zero-order chi connectivity index (χ0) is 21.6. The molecule has 0 N–H and O–H groups in total. The first-order valence-electron chi connectivity index (χ1n) is 9.55. The first kappa shape index (κ1) is 24.9. The third-order valence-corrected chi connectivity index (χ3v) is 6.45. The van der Waals surface area contributed by atoms with E-state index in [0.717, 1.165) is 40.0 Å². The number of benzene rings is 1. The van der Waals surface area contributed by atoms with Crippen molar-refractivity contribution in [3.05, 3.63) is 86.5 Å². The molecule has 1 aromatic carbocycles. The molecule has 0 heterocycles. The number of rotatable bonds is 8. The minimum Gasteiger partial charge on any atom is -0.143 e. The van der Waals surface area contributed by atoms with Gasteiger partial charge < -0.3 is 0 Å². The average molecular weight is 436 g/mol. The highest BCUT2D eigenvalue weighted by Crippen LogP contribution is 2.36. The number of halogens is 2. The molecular formula is C25H32Cl2S. The second-order valence-electron chi connectivity index (χ2n) is 7.48. The standard InChI is InChI=1S/C25H32Cl2S/c1-9-21(15(2)3)13-17(5)16(4)12-18(6)19(7)20(8)25(28)23-11-10-22(26)14-24(23)27/h10-11,13-14,19,28H,2,6,9,12H2,1,3-5,7-8H3/b17-16+,21-13-,25-20-. The fraction of sp³-hybridized carbons (Fsp3) is 0.360. The first-order chi connectivity index (χ1) is 13.0. The molecule has 0 aliphatic heterocycles. The Labute approximate surface area is 187 Å². The molecule has 0 fully saturated rings. The van der Waals surface area contributed by atoms with Crippen molar-refractivity contribution in [2.45, 2.75) is 54.4 Å². The van der Waals surface area contributed by atoms with Crippen molar-refractivity contribution in [2.24, 2.45) is 5.92 Å². The van der Waals surface area contributed by atoms with E-state index in [1.54, 1.807) is 6.07 Å². The van der Waals surface area contributed by atoms with Crippen LogP contribution in [0, 0.1) is 5.92 Å². The van der Waals surface area contributed by atoms with E-state index >= 15 is 0 Å². The summed E-state index contributed by atoms with van der Waals surface area (Å²) in [5.41, 5.74) is 8.22. The molecule has 0 amide bonds. The summed E-state index contributed by atoms with van der Waals surface area (Å²) in [5, 5.41) is 1.23. The Morgan fingerprint density at radius 2 is 1.75 bits per heavy atom. The van der Waals surface area contributed by atoms with Gasteiger partial charge in [-0.05, 0) is 64.2 Å². The lowest BCUT2D eigenvalue weighted by Gasteiger charge is -2.20. The maximum Gasteiger partial charge on any atom is 0.0504 e. The topological polar surface area (TPSA) is 0 Å². The van der Waals surface area contributed by atoms with Crippen LogP contribution in [0.4, 0.5) is 0 Å². The Balaban J connectivity index is 3.08. The average Bonchev–Trinajstić information content (AvgIpc) is 2.63. The van der Waals surface area contributed by atoms with Crippen LogP contribution in [0.2, 0.25) is 10.0 Å². The molecule has 0 bridgehead atoms. The molecule has 1 atom stereocenters. The third kappa shape index (κ3) is 6.72. The quantitative estimate of drug-likeness (QED) is 0.235. The van der Waals surface area contributed by atoms with Crippen LogP contribution in [0.15, 0.2) is 70.9 Å². The zero-order valence-corrected chi connectivity index (χ0v) is 20.3. The van der Waals surface area contributed by atoms with E-state index in [2.05, 4.69) is 60.8 Å². The van der Waals surface area contributed by atoms with Crippen molar-refractivity contribution >= 4 is 40.7 Å². The summed E-state index contributed by atoms with van der Waals surface area (Å²) in [4.78, 5) is 0.879. The molecule has 0 saturated carbocycles. The number of hydrogen-bond acceptors (Lipinski definition) is 1. The Kier molecular flexibility index (Phi) is 9.90. The van der Waals surface area contributed by atoms with E-state index in [-0.39, 0.29) is 5.92 Å². The summed E-state index contributed by atoms with van der Waals surface area (Å²) in [6, 6.07) is 5.49. The van der Waals surface area contributed by atoms with Crippen molar-refractivity contribution < 1.29 is 0 Å². The molecule has 1 unspecified atom stereocenters. The second kappa shape index (κ2) is 11.1. The molecule has 1 aromatic rings. The minimum absolute atomic E-state index is 0.192. The molecule has 0 radical (unpaired) electrons. The number of thiol groups is 1. The van der Waals surface area contributed by atoms with Crippen LogP contribution >= 0.6 is 35.8 Å². The lowest BCUT2D eigenvalue weighted by atomic mass is 9.88. The molecule has 0 spiro atoms. The fourth-order valence-electron chi connectivity index (χ4n) is 2.95. The van der Waals surface area contributed by atoms with Crippen molar-refractivity contribution in [2.75, 3.05) is 0 Å². The Hall–Kier alpha value is -1.15. The number of allylic oxidation sites excluding steroid dienone is 7. The summed E-state index contributed by atoms with van der Waals surface area (Å²) in [7, 11) is 0. The van der Waals surface area contributed by atoms with E-state index in [4.69, 9.17) is 35.8 Å². The molecule has 1 rings (SSSR count). The highest BCUT2D eigenvalue weighted by atomic mass is 35.5. The minimum atomic E-state index is 0.192. The van der Waals surface area contributed by atoms with Crippen molar-refractivity contribution in [3.8, 4) is 0 Å². The van der Waals surface area contributed by atoms with Gasteiger partial charge in [-0.3, -0.25) is 0 Å². The normalized spacial score (nSPS) is 15.0. The van der Waals surface area contributed by atoms with Crippen molar-refractivity contribution in [1.29, 1.82) is 0 Å². The van der Waals surface area contributed by atoms with Gasteiger partial charge in [0.2, 0.25) is 0 Å². The van der Waals surface area contributed by atoms with Crippen molar-refractivity contribution in [1.82, 2.24) is 0 Å². The zero-order valence-electron chi connectivity index (χ0n) is 17.9. The van der Waals surface area contributed by atoms with Crippen LogP contribution in [0.25, 0.3) is 4.91 Å². The summed E-state index contributed by atoms with van der Waals surface area (Å²) in [6.07, 6.45) is 4.09. The van der Waals surface area contributed by atoms with Gasteiger partial charge in [0.15, 0.2) is 0 Å². The van der Waals surface area contributed by atoms with Gasteiger partial charge in [0.05, 0.1) is 5.02 Å². The van der Waals surface area contributed by atoms with Gasteiger partial charge >= 0.3 is 0 Å². The van der Waals surface area contributed by atoms with Crippen LogP contribution in [-0.4, -0.2) is 0 Å². The highest BCUT2D eigenvalue weighted by molar-refractivity contribution is 7.90. The molecule has 0 saturated heterocycles. The van der Waals surface area contributed by atoms with Crippen LogP contribution in [0.5, 0.6) is 0 Å². The molecule has 0 aliphatic carbocycles. The van der Waals surface area contributed by atoms with Gasteiger partial charge in [-0.1, -0.05) is 90.2 Å². The first-order valence-corrected chi connectivity index (χ1v) is 10.7. The predicted octanol–water partition coefficient (Wildman–Crippen LogP) is 9.49. The van der Waals surface area contributed by atoms with Gasteiger partial charge in [0.25, 0.3) is 0 Å². The van der Waals surface area contributed by atoms with Gasteiger partial charge in [-0.15, -0.1) is 12.6 Å². The molecule has 0 nitrogen and oxygen atoms in total. The molecule has 28 heavy (non-hydrogen) atoms. The smallest absolute Gasteiger partial charge is 0.0504 e. The second-order valence-corrected chi connectivity index (χ2v) is 8.77. The SMILES string of the molecule is C=C(C)/C(=C\C(C)=C(/C)CC(=C)C(C)/C(C)=C(\S)c1ccc(Cl)cc1Cl)CC. The highest BCUT2D eigenvalue weighted by Gasteiger charge is 2.15. The van der Waals surface area contributed by atoms with Crippen LogP contribution in [0.3, 0.4) is 0 Å². The van der Waals surface area contributed by atoms with E-state index < -0.39 is 0 Å². The van der Waals surface area contributed by atoms with Crippen LogP contribution in [-0.2, 0) is 0 Å². The largest absolute Gasteiger partial charge is 0.143 e. The molecule has 0 aromatic heterocycles. The Morgan fingerprint density at radius 3 is 2.25 bits per heavy atom. The van der Waals surface area contributed by atoms with Crippen LogP contribution in [0.1, 0.15) is 59.9 Å². The molecular weight excluding hydrogens is 403 g/mol. The molecule has 0 aliphatic rings. The summed E-state index contributed by atoms with van der Waals surface area (Å²) >= 11 is 17.1. The summed E-state index contributed by atoms with van der Waals surface area (Å²) in [6.45, 7) is 21.2. The summed E-state index contributed by atoms with van der Waals surface area (Å²) in [5.74, 6) is 0.192. The fourth-order valence-corrected chi connectivity index (χ4v) is 3.91. The Morgan fingerprint density at radius 1 is 1.14 bits per heavy atom. The summed E-state index contributed by atoms with van der Waals surface area (Å²) < 4.78 is 0. The van der Waals surface area contributed by atoms with Gasteiger partial charge in [0, 0.05) is 15.5 Å². The van der Waals surface area contributed by atoms with Crippen molar-refractivity contribution in [3.63, 3.8) is 0 Å². The van der Waals surface area contributed by atoms with E-state index in [9.17, 15) is 0 Å². The lowest BCUT2D eigenvalue weighted by Crippen LogP contribution is -2.03. The number of hydrogen-bond donors (Lipinski definition) is 1. The maximum absolute atomic E-state index is 6.36. The van der Waals surface area contributed by atoms with Gasteiger partial charge in [0.1, 0.15) is 0 Å². The predicted molar refractivity (Wildman–Crippen MR) is 133 cm³/mol. The third-order valence-electron chi connectivity index (χ3n) is 5.31. The van der Waals surface area contributed by atoms with Crippen LogP contribution < -0.4 is 0 Å². The lowest BCUT2D eigenvalue weighted by molar-refractivity contribution is 0.774. The van der Waals surface area contributed by atoms with Gasteiger partial charge in [-0.2, -0.15) is 0 Å². The van der Waals surface area contributed by atoms with E-state index in [1.807, 2.05) is 12.1 Å².